The lowest BCUT2D eigenvalue weighted by Gasteiger charge is -2.10. The zero-order valence-corrected chi connectivity index (χ0v) is 14.0. The molecule has 0 unspecified atom stereocenters. The van der Waals surface area contributed by atoms with Crippen molar-refractivity contribution in [3.8, 4) is 0 Å². The van der Waals surface area contributed by atoms with Crippen LogP contribution in [-0.4, -0.2) is 15.9 Å². The second-order valence-corrected chi connectivity index (χ2v) is 5.48. The SMILES string of the molecule is CCc1ccccc1NC(=O)c1cnc(Nc2c(F)cccc2F)nc1. The van der Waals surface area contributed by atoms with Crippen LogP contribution < -0.4 is 10.6 Å². The highest BCUT2D eigenvalue weighted by molar-refractivity contribution is 6.04. The molecular formula is C19H16F2N4O. The largest absolute Gasteiger partial charge is 0.322 e. The summed E-state index contributed by atoms with van der Waals surface area (Å²) in [6.07, 6.45) is 3.36. The van der Waals surface area contributed by atoms with Crippen molar-refractivity contribution in [3.63, 3.8) is 0 Å². The number of benzene rings is 2. The molecule has 26 heavy (non-hydrogen) atoms. The van der Waals surface area contributed by atoms with Gasteiger partial charge in [0.2, 0.25) is 5.95 Å². The molecule has 3 rings (SSSR count). The zero-order chi connectivity index (χ0) is 18.5. The molecule has 0 saturated carbocycles. The molecule has 0 aliphatic rings. The average molecular weight is 354 g/mol. The van der Waals surface area contributed by atoms with E-state index in [9.17, 15) is 13.6 Å². The number of para-hydroxylation sites is 2. The third kappa shape index (κ3) is 3.83. The van der Waals surface area contributed by atoms with E-state index >= 15 is 0 Å². The molecular weight excluding hydrogens is 338 g/mol. The van der Waals surface area contributed by atoms with Crippen LogP contribution in [0.2, 0.25) is 0 Å². The summed E-state index contributed by atoms with van der Waals surface area (Å²) in [6, 6.07) is 11.0. The third-order valence-corrected chi connectivity index (χ3v) is 3.76. The molecule has 0 aliphatic heterocycles. The molecule has 2 aromatic carbocycles. The van der Waals surface area contributed by atoms with Gasteiger partial charge >= 0.3 is 0 Å². The average Bonchev–Trinajstić information content (AvgIpc) is 2.66. The number of aromatic nitrogens is 2. The van der Waals surface area contributed by atoms with Gasteiger partial charge in [0, 0.05) is 18.1 Å². The zero-order valence-electron chi connectivity index (χ0n) is 14.0. The van der Waals surface area contributed by atoms with Gasteiger partial charge in [-0.3, -0.25) is 4.79 Å². The second kappa shape index (κ2) is 7.69. The van der Waals surface area contributed by atoms with E-state index in [1.807, 2.05) is 31.2 Å². The number of hydrogen-bond acceptors (Lipinski definition) is 4. The van der Waals surface area contributed by atoms with E-state index in [0.717, 1.165) is 29.8 Å². The first-order valence-electron chi connectivity index (χ1n) is 8.01. The number of nitrogens with zero attached hydrogens (tertiary/aromatic N) is 2. The van der Waals surface area contributed by atoms with Gasteiger partial charge < -0.3 is 10.6 Å². The molecule has 0 fully saturated rings. The molecule has 1 aromatic heterocycles. The molecule has 0 radical (unpaired) electrons. The van der Waals surface area contributed by atoms with Crippen molar-refractivity contribution >= 4 is 23.2 Å². The van der Waals surface area contributed by atoms with Gasteiger partial charge in [-0.25, -0.2) is 18.7 Å². The molecule has 7 heteroatoms. The lowest BCUT2D eigenvalue weighted by molar-refractivity contribution is 0.102. The summed E-state index contributed by atoms with van der Waals surface area (Å²) in [5.41, 5.74) is 1.61. The third-order valence-electron chi connectivity index (χ3n) is 3.76. The van der Waals surface area contributed by atoms with Gasteiger partial charge in [0.15, 0.2) is 0 Å². The van der Waals surface area contributed by atoms with Gasteiger partial charge in [-0.1, -0.05) is 31.2 Å². The first kappa shape index (κ1) is 17.5. The molecule has 0 atom stereocenters. The molecule has 1 heterocycles. The van der Waals surface area contributed by atoms with E-state index in [-0.39, 0.29) is 23.1 Å². The monoisotopic (exact) mass is 354 g/mol. The second-order valence-electron chi connectivity index (χ2n) is 5.48. The van der Waals surface area contributed by atoms with E-state index in [0.29, 0.717) is 0 Å². The Hall–Kier alpha value is -3.35. The van der Waals surface area contributed by atoms with Gasteiger partial charge in [-0.2, -0.15) is 0 Å². The molecule has 5 nitrogen and oxygen atoms in total. The van der Waals surface area contributed by atoms with Crippen LogP contribution in [0.5, 0.6) is 0 Å². The van der Waals surface area contributed by atoms with E-state index in [2.05, 4.69) is 20.6 Å². The van der Waals surface area contributed by atoms with Crippen LogP contribution in [0.4, 0.5) is 26.1 Å². The number of carbonyl (C=O) groups is 1. The molecule has 0 spiro atoms. The lowest BCUT2D eigenvalue weighted by atomic mass is 10.1. The summed E-state index contributed by atoms with van der Waals surface area (Å²) in [7, 11) is 0. The number of nitrogens with one attached hydrogen (secondary N) is 2. The first-order valence-corrected chi connectivity index (χ1v) is 8.01. The minimum atomic E-state index is -0.758. The molecule has 0 aliphatic carbocycles. The number of halogens is 2. The smallest absolute Gasteiger partial charge is 0.258 e. The lowest BCUT2D eigenvalue weighted by Crippen LogP contribution is -2.14. The van der Waals surface area contributed by atoms with Gasteiger partial charge in [0.25, 0.3) is 5.91 Å². The van der Waals surface area contributed by atoms with Crippen molar-refractivity contribution in [1.29, 1.82) is 0 Å². The quantitative estimate of drug-likeness (QED) is 0.716. The van der Waals surface area contributed by atoms with Gasteiger partial charge in [0.1, 0.15) is 17.3 Å². The molecule has 2 N–H and O–H groups in total. The van der Waals surface area contributed by atoms with Crippen LogP contribution in [0.25, 0.3) is 0 Å². The first-order chi connectivity index (χ1) is 12.6. The number of anilines is 3. The Morgan fingerprint density at radius 3 is 2.31 bits per heavy atom. The molecule has 0 bridgehead atoms. The van der Waals surface area contributed by atoms with E-state index in [4.69, 9.17) is 0 Å². The van der Waals surface area contributed by atoms with Crippen molar-refractivity contribution in [3.05, 3.63) is 77.6 Å². The number of hydrogen-bond donors (Lipinski definition) is 2. The highest BCUT2D eigenvalue weighted by Crippen LogP contribution is 2.21. The molecule has 0 saturated heterocycles. The van der Waals surface area contributed by atoms with Crippen LogP contribution >= 0.6 is 0 Å². The van der Waals surface area contributed by atoms with Crippen LogP contribution in [0, 0.1) is 11.6 Å². The summed E-state index contributed by atoms with van der Waals surface area (Å²) in [4.78, 5) is 20.2. The fraction of sp³-hybridized carbons (Fsp3) is 0.105. The molecule has 1 amide bonds. The maximum Gasteiger partial charge on any atom is 0.258 e. The Labute approximate surface area is 149 Å². The van der Waals surface area contributed by atoms with E-state index in [1.165, 1.54) is 18.5 Å². The van der Waals surface area contributed by atoms with Gasteiger partial charge in [-0.05, 0) is 30.2 Å². The standard InChI is InChI=1S/C19H16F2N4O/c1-2-12-6-3-4-9-16(12)24-18(26)13-10-22-19(23-11-13)25-17-14(20)7-5-8-15(17)21/h3-11H,2H2,1H3,(H,24,26)(H,22,23,25). The molecule has 132 valence electrons. The normalized spacial score (nSPS) is 10.4. The Morgan fingerprint density at radius 1 is 1.00 bits per heavy atom. The highest BCUT2D eigenvalue weighted by Gasteiger charge is 2.12. The Bertz CT molecular complexity index is 909. The number of carbonyl (C=O) groups excluding carboxylic acids is 1. The Kier molecular flexibility index (Phi) is 5.17. The van der Waals surface area contributed by atoms with Crippen LogP contribution in [-0.2, 0) is 6.42 Å². The van der Waals surface area contributed by atoms with Gasteiger partial charge in [-0.15, -0.1) is 0 Å². The van der Waals surface area contributed by atoms with Crippen molar-refractivity contribution < 1.29 is 13.6 Å². The fourth-order valence-electron chi connectivity index (χ4n) is 2.38. The summed E-state index contributed by atoms with van der Waals surface area (Å²) >= 11 is 0. The van der Waals surface area contributed by atoms with Crippen LogP contribution in [0.15, 0.2) is 54.9 Å². The summed E-state index contributed by atoms with van der Waals surface area (Å²) in [5, 5.41) is 5.28. The Morgan fingerprint density at radius 2 is 1.65 bits per heavy atom. The predicted molar refractivity (Wildman–Crippen MR) is 95.4 cm³/mol. The Balaban J connectivity index is 1.74. The maximum absolute atomic E-state index is 13.6. The number of rotatable bonds is 5. The summed E-state index contributed by atoms with van der Waals surface area (Å²) in [5.74, 6) is -1.90. The van der Waals surface area contributed by atoms with Crippen molar-refractivity contribution in [2.24, 2.45) is 0 Å². The van der Waals surface area contributed by atoms with E-state index in [1.54, 1.807) is 0 Å². The van der Waals surface area contributed by atoms with E-state index < -0.39 is 11.6 Å². The predicted octanol–water partition coefficient (Wildman–Crippen LogP) is 4.31. The topological polar surface area (TPSA) is 66.9 Å². The number of aryl methyl sites for hydroxylation is 1. The summed E-state index contributed by atoms with van der Waals surface area (Å²) in [6.45, 7) is 2.00. The van der Waals surface area contributed by atoms with Crippen LogP contribution in [0.3, 0.4) is 0 Å². The van der Waals surface area contributed by atoms with Gasteiger partial charge in [0.05, 0.1) is 5.56 Å². The van der Waals surface area contributed by atoms with Crippen molar-refractivity contribution in [2.75, 3.05) is 10.6 Å². The minimum absolute atomic E-state index is 0.0143. The highest BCUT2D eigenvalue weighted by atomic mass is 19.1. The fourth-order valence-corrected chi connectivity index (χ4v) is 2.38. The molecule has 3 aromatic rings. The van der Waals surface area contributed by atoms with Crippen molar-refractivity contribution in [1.82, 2.24) is 9.97 Å². The van der Waals surface area contributed by atoms with Crippen molar-refractivity contribution in [2.45, 2.75) is 13.3 Å². The van der Waals surface area contributed by atoms with Crippen LogP contribution in [0.1, 0.15) is 22.8 Å². The number of amides is 1. The maximum atomic E-state index is 13.6. The summed E-state index contributed by atoms with van der Waals surface area (Å²) < 4.78 is 27.3. The minimum Gasteiger partial charge on any atom is -0.322 e.